The summed E-state index contributed by atoms with van der Waals surface area (Å²) in [5.74, 6) is 0.318. The zero-order valence-corrected chi connectivity index (χ0v) is 11.8. The molecule has 2 saturated carbocycles. The minimum absolute atomic E-state index is 0.186. The number of imide groups is 1. The third kappa shape index (κ3) is 2.18. The van der Waals surface area contributed by atoms with Crippen molar-refractivity contribution in [2.45, 2.75) is 43.8 Å². The molecule has 6 heteroatoms. The molecule has 4 fully saturated rings. The van der Waals surface area contributed by atoms with Crippen molar-refractivity contribution in [1.29, 1.82) is 0 Å². The highest BCUT2D eigenvalue weighted by atomic mass is 16.2. The molecular weight excluding hydrogens is 270 g/mol. The fourth-order valence-electron chi connectivity index (χ4n) is 4.77. The Hall–Kier alpha value is -1.69. The zero-order valence-electron chi connectivity index (χ0n) is 11.8. The Morgan fingerprint density at radius 3 is 2.38 bits per heavy atom. The van der Waals surface area contributed by atoms with Crippen LogP contribution in [0.1, 0.15) is 32.1 Å². The molecule has 2 saturated heterocycles. The lowest BCUT2D eigenvalue weighted by atomic mass is 9.62. The quantitative estimate of drug-likeness (QED) is 0.712. The van der Waals surface area contributed by atoms with Crippen LogP contribution >= 0.6 is 0 Å². The van der Waals surface area contributed by atoms with Gasteiger partial charge >= 0.3 is 0 Å². The van der Waals surface area contributed by atoms with E-state index in [0.717, 1.165) is 17.7 Å². The molecule has 21 heavy (non-hydrogen) atoms. The van der Waals surface area contributed by atoms with E-state index in [1.165, 1.54) is 31.4 Å². The van der Waals surface area contributed by atoms with Crippen molar-refractivity contribution in [3.63, 3.8) is 0 Å². The van der Waals surface area contributed by atoms with Crippen molar-refractivity contribution in [3.8, 4) is 0 Å². The van der Waals surface area contributed by atoms with Crippen LogP contribution in [-0.2, 0) is 14.4 Å². The van der Waals surface area contributed by atoms with Gasteiger partial charge in [-0.25, -0.2) is 0 Å². The van der Waals surface area contributed by atoms with Crippen molar-refractivity contribution in [2.75, 3.05) is 6.54 Å². The molecule has 2 N–H and O–H groups in total. The fourth-order valence-corrected chi connectivity index (χ4v) is 4.77. The highest BCUT2D eigenvalue weighted by molar-refractivity contribution is 6.14. The van der Waals surface area contributed by atoms with Crippen LogP contribution in [0.3, 0.4) is 0 Å². The number of rotatable bonds is 3. The Morgan fingerprint density at radius 1 is 1.19 bits per heavy atom. The molecule has 2 aliphatic carbocycles. The van der Waals surface area contributed by atoms with Gasteiger partial charge in [0.2, 0.25) is 5.91 Å². The smallest absolute Gasteiger partial charge is 0.254 e. The number of nitrogens with zero attached hydrogens (tertiary/aromatic N) is 1. The fraction of sp³-hybridized carbons (Fsp3) is 0.667. The summed E-state index contributed by atoms with van der Waals surface area (Å²) in [6.07, 6.45) is 8.04. The minimum Gasteiger partial charge on any atom is -0.336 e. The van der Waals surface area contributed by atoms with E-state index in [4.69, 9.17) is 0 Å². The van der Waals surface area contributed by atoms with Gasteiger partial charge in [-0.2, -0.15) is 0 Å². The highest BCUT2D eigenvalue weighted by Gasteiger charge is 2.51. The average molecular weight is 289 g/mol. The normalized spacial score (nSPS) is 40.2. The molecule has 4 bridgehead atoms. The summed E-state index contributed by atoms with van der Waals surface area (Å²) in [5.41, 5.74) is -0.314. The van der Waals surface area contributed by atoms with Crippen molar-refractivity contribution in [3.05, 3.63) is 12.2 Å². The molecule has 0 unspecified atom stereocenters. The zero-order chi connectivity index (χ0) is 14.6. The monoisotopic (exact) mass is 289 g/mol. The Labute approximate surface area is 122 Å². The average Bonchev–Trinajstić information content (AvgIpc) is 2.68. The molecule has 0 aromatic carbocycles. The highest BCUT2D eigenvalue weighted by Crippen LogP contribution is 2.48. The van der Waals surface area contributed by atoms with Crippen LogP contribution in [-0.4, -0.2) is 40.9 Å². The predicted molar refractivity (Wildman–Crippen MR) is 73.7 cm³/mol. The van der Waals surface area contributed by atoms with Gasteiger partial charge in [-0.15, -0.1) is 0 Å². The number of amides is 3. The van der Waals surface area contributed by atoms with E-state index < -0.39 is 11.8 Å². The number of piperidine rings is 2. The van der Waals surface area contributed by atoms with E-state index in [2.05, 4.69) is 10.6 Å². The van der Waals surface area contributed by atoms with Crippen molar-refractivity contribution < 1.29 is 14.4 Å². The van der Waals surface area contributed by atoms with Crippen LogP contribution in [0.2, 0.25) is 0 Å². The van der Waals surface area contributed by atoms with Crippen LogP contribution in [0, 0.1) is 11.8 Å². The Balaban J connectivity index is 1.43. The minimum atomic E-state index is -0.409. The Bertz CT molecular complexity index is 501. The van der Waals surface area contributed by atoms with Crippen LogP contribution in [0.4, 0.5) is 0 Å². The van der Waals surface area contributed by atoms with Gasteiger partial charge in [0.25, 0.3) is 11.8 Å². The molecule has 4 atom stereocenters. The van der Waals surface area contributed by atoms with Crippen LogP contribution in [0.25, 0.3) is 0 Å². The maximum Gasteiger partial charge on any atom is 0.254 e. The van der Waals surface area contributed by atoms with Gasteiger partial charge in [0, 0.05) is 18.2 Å². The number of carbonyl (C=O) groups is 3. The van der Waals surface area contributed by atoms with Gasteiger partial charge in [0.15, 0.2) is 0 Å². The van der Waals surface area contributed by atoms with E-state index in [9.17, 15) is 14.4 Å². The molecule has 3 amide bonds. The molecule has 112 valence electrons. The molecule has 3 aliphatic heterocycles. The summed E-state index contributed by atoms with van der Waals surface area (Å²) in [4.78, 5) is 36.2. The first-order chi connectivity index (χ1) is 10.0. The van der Waals surface area contributed by atoms with Crippen molar-refractivity contribution >= 4 is 17.7 Å². The molecular formula is C15H19N3O3. The second kappa shape index (κ2) is 4.40. The molecule has 5 rings (SSSR count). The third-order valence-corrected chi connectivity index (χ3v) is 5.24. The lowest BCUT2D eigenvalue weighted by Gasteiger charge is -2.57. The third-order valence-electron chi connectivity index (χ3n) is 5.24. The Morgan fingerprint density at radius 2 is 1.81 bits per heavy atom. The van der Waals surface area contributed by atoms with Gasteiger partial charge in [0.1, 0.15) is 6.54 Å². The molecule has 0 aromatic rings. The summed E-state index contributed by atoms with van der Waals surface area (Å²) in [6.45, 7) is -0.186. The summed E-state index contributed by atoms with van der Waals surface area (Å²) in [7, 11) is 0. The van der Waals surface area contributed by atoms with E-state index in [1.54, 1.807) is 0 Å². The lowest BCUT2D eigenvalue weighted by Crippen LogP contribution is -2.71. The van der Waals surface area contributed by atoms with Gasteiger partial charge in [-0.1, -0.05) is 0 Å². The first kappa shape index (κ1) is 13.0. The first-order valence-electron chi connectivity index (χ1n) is 7.65. The number of carbonyl (C=O) groups excluding carboxylic acids is 3. The maximum atomic E-state index is 12.2. The van der Waals surface area contributed by atoms with Gasteiger partial charge in [-0.3, -0.25) is 24.6 Å². The Kier molecular flexibility index (Phi) is 2.73. The SMILES string of the molecule is O=C(CN1C(=O)C=CC1=O)N[C@@]12C[C@@H]3C[C@@H](C[C@H](C3)N1)C2. The molecule has 5 aliphatic rings. The number of hydrogen-bond acceptors (Lipinski definition) is 4. The lowest BCUT2D eigenvalue weighted by molar-refractivity contribution is -0.142. The largest absolute Gasteiger partial charge is 0.336 e. The second-order valence-corrected chi connectivity index (χ2v) is 6.91. The van der Waals surface area contributed by atoms with E-state index in [0.29, 0.717) is 17.9 Å². The summed E-state index contributed by atoms with van der Waals surface area (Å²) >= 11 is 0. The molecule has 0 radical (unpaired) electrons. The van der Waals surface area contributed by atoms with Gasteiger partial charge in [-0.05, 0) is 43.9 Å². The van der Waals surface area contributed by atoms with Gasteiger partial charge in [0.05, 0.1) is 5.66 Å². The van der Waals surface area contributed by atoms with Crippen molar-refractivity contribution in [1.82, 2.24) is 15.5 Å². The summed E-state index contributed by atoms with van der Waals surface area (Å²) in [5, 5.41) is 6.64. The van der Waals surface area contributed by atoms with Gasteiger partial charge < -0.3 is 5.32 Å². The van der Waals surface area contributed by atoms with E-state index >= 15 is 0 Å². The molecule has 0 aromatic heterocycles. The topological polar surface area (TPSA) is 78.5 Å². The first-order valence-corrected chi connectivity index (χ1v) is 7.65. The van der Waals surface area contributed by atoms with Crippen molar-refractivity contribution in [2.24, 2.45) is 11.8 Å². The van der Waals surface area contributed by atoms with E-state index in [-0.39, 0.29) is 18.1 Å². The second-order valence-electron chi connectivity index (χ2n) is 6.91. The van der Waals surface area contributed by atoms with Crippen LogP contribution < -0.4 is 10.6 Å². The molecule has 3 heterocycles. The molecule has 0 spiro atoms. The molecule has 6 nitrogen and oxygen atoms in total. The number of hydrogen-bond donors (Lipinski definition) is 2. The summed E-state index contributed by atoms with van der Waals surface area (Å²) in [6, 6.07) is 0.508. The maximum absolute atomic E-state index is 12.2. The standard InChI is InChI=1S/C15H19N3O3/c19-12(8-18-13(20)1-2-14(18)21)17-15-6-9-3-10(7-15)5-11(4-9)16-15/h1-2,9-11,16H,3-8H2,(H,17,19)/t9-,10+,11+,15-. The summed E-state index contributed by atoms with van der Waals surface area (Å²) < 4.78 is 0. The van der Waals surface area contributed by atoms with Crippen LogP contribution in [0.5, 0.6) is 0 Å². The number of nitrogens with one attached hydrogen (secondary N) is 2. The van der Waals surface area contributed by atoms with Crippen LogP contribution in [0.15, 0.2) is 12.2 Å². The predicted octanol–water partition coefficient (Wildman–Crippen LogP) is -0.0942. The van der Waals surface area contributed by atoms with E-state index in [1.807, 2.05) is 0 Å².